The quantitative estimate of drug-likeness (QED) is 0.658. The van der Waals surface area contributed by atoms with E-state index in [1.165, 1.54) is 29.7 Å². The Morgan fingerprint density at radius 2 is 1.59 bits per heavy atom. The third kappa shape index (κ3) is 6.09. The molecule has 0 radical (unpaired) electrons. The molecule has 1 atom stereocenters. The van der Waals surface area contributed by atoms with E-state index in [-0.39, 0.29) is 0 Å². The van der Waals surface area contributed by atoms with Gasteiger partial charge in [0, 0.05) is 39.8 Å². The van der Waals surface area contributed by atoms with Crippen molar-refractivity contribution in [2.24, 2.45) is 5.73 Å². The van der Waals surface area contributed by atoms with Crippen molar-refractivity contribution < 1.29 is 0 Å². The number of rotatable bonds is 9. The molecule has 1 aliphatic heterocycles. The van der Waals surface area contributed by atoms with Gasteiger partial charge in [-0.2, -0.15) is 0 Å². The standard InChI is InChI=1S/C25H36N4/c1-21-11-13-24(14-12-21)25(23-9-5-4-6-10-23)29-19-17-28(18-20-29)16-8-7-15-27(3)22(2)26/h4-6,9-14,25H,2,7-8,15-20,26H2,1,3H3/t25-/m1/s1. The van der Waals surface area contributed by atoms with Crippen molar-refractivity contribution >= 4 is 0 Å². The molecule has 1 heterocycles. The highest BCUT2D eigenvalue weighted by Gasteiger charge is 2.26. The Balaban J connectivity index is 1.56. The van der Waals surface area contributed by atoms with Gasteiger partial charge in [-0.15, -0.1) is 0 Å². The van der Waals surface area contributed by atoms with Crippen LogP contribution >= 0.6 is 0 Å². The molecule has 2 aromatic carbocycles. The molecule has 0 aromatic heterocycles. The normalized spacial score (nSPS) is 16.5. The molecule has 1 aliphatic rings. The van der Waals surface area contributed by atoms with Crippen molar-refractivity contribution in [2.75, 3.05) is 46.3 Å². The second-order valence-corrected chi connectivity index (χ2v) is 8.22. The average Bonchev–Trinajstić information content (AvgIpc) is 2.74. The molecule has 1 saturated heterocycles. The Labute approximate surface area is 176 Å². The largest absolute Gasteiger partial charge is 0.386 e. The molecule has 156 valence electrons. The smallest absolute Gasteiger partial charge is 0.0909 e. The lowest BCUT2D eigenvalue weighted by Crippen LogP contribution is -2.48. The van der Waals surface area contributed by atoms with E-state index in [4.69, 9.17) is 5.73 Å². The molecule has 2 N–H and O–H groups in total. The lowest BCUT2D eigenvalue weighted by Gasteiger charge is -2.40. The predicted molar refractivity (Wildman–Crippen MR) is 123 cm³/mol. The molecule has 0 bridgehead atoms. The summed E-state index contributed by atoms with van der Waals surface area (Å²) in [4.78, 5) is 7.28. The summed E-state index contributed by atoms with van der Waals surface area (Å²) in [5.41, 5.74) is 9.81. The van der Waals surface area contributed by atoms with Crippen molar-refractivity contribution in [1.29, 1.82) is 0 Å². The summed E-state index contributed by atoms with van der Waals surface area (Å²) < 4.78 is 0. The Bertz CT molecular complexity index is 748. The zero-order valence-corrected chi connectivity index (χ0v) is 18.1. The summed E-state index contributed by atoms with van der Waals surface area (Å²) in [5, 5.41) is 0. The van der Waals surface area contributed by atoms with E-state index in [2.05, 4.69) is 77.9 Å². The number of hydrogen-bond acceptors (Lipinski definition) is 4. The van der Waals surface area contributed by atoms with Gasteiger partial charge in [0.1, 0.15) is 0 Å². The number of unbranched alkanes of at least 4 members (excludes halogenated alkanes) is 1. The van der Waals surface area contributed by atoms with Gasteiger partial charge in [-0.25, -0.2) is 0 Å². The van der Waals surface area contributed by atoms with Crippen LogP contribution in [0.5, 0.6) is 0 Å². The number of nitrogens with zero attached hydrogens (tertiary/aromatic N) is 3. The van der Waals surface area contributed by atoms with Crippen LogP contribution in [0.4, 0.5) is 0 Å². The topological polar surface area (TPSA) is 35.7 Å². The van der Waals surface area contributed by atoms with Gasteiger partial charge in [0.2, 0.25) is 0 Å². The predicted octanol–water partition coefficient (Wildman–Crippen LogP) is 3.84. The minimum absolute atomic E-state index is 0.336. The molecule has 0 unspecified atom stereocenters. The highest BCUT2D eigenvalue weighted by molar-refractivity contribution is 5.33. The summed E-state index contributed by atoms with van der Waals surface area (Å²) in [5.74, 6) is 0.654. The fourth-order valence-electron chi connectivity index (χ4n) is 4.07. The van der Waals surface area contributed by atoms with Gasteiger partial charge in [0.25, 0.3) is 0 Å². The first-order chi connectivity index (χ1) is 14.0. The van der Waals surface area contributed by atoms with Gasteiger partial charge < -0.3 is 15.5 Å². The maximum absolute atomic E-state index is 5.72. The van der Waals surface area contributed by atoms with Crippen LogP contribution in [0.15, 0.2) is 67.0 Å². The lowest BCUT2D eigenvalue weighted by molar-refractivity contribution is 0.108. The first-order valence-corrected chi connectivity index (χ1v) is 10.8. The van der Waals surface area contributed by atoms with Gasteiger partial charge in [0.15, 0.2) is 0 Å². The van der Waals surface area contributed by atoms with Crippen LogP contribution in [0.1, 0.15) is 35.6 Å². The Hall–Kier alpha value is -2.30. The third-order valence-electron chi connectivity index (χ3n) is 5.99. The molecule has 29 heavy (non-hydrogen) atoms. The van der Waals surface area contributed by atoms with Gasteiger partial charge in [0.05, 0.1) is 11.9 Å². The van der Waals surface area contributed by atoms with Crippen LogP contribution in [0.3, 0.4) is 0 Å². The summed E-state index contributed by atoms with van der Waals surface area (Å²) in [7, 11) is 2.01. The molecule has 2 aromatic rings. The first-order valence-electron chi connectivity index (χ1n) is 10.8. The molecule has 0 amide bonds. The Morgan fingerprint density at radius 3 is 2.21 bits per heavy atom. The van der Waals surface area contributed by atoms with E-state index < -0.39 is 0 Å². The zero-order valence-electron chi connectivity index (χ0n) is 18.1. The zero-order chi connectivity index (χ0) is 20.6. The summed E-state index contributed by atoms with van der Waals surface area (Å²) in [6, 6.07) is 20.3. The minimum Gasteiger partial charge on any atom is -0.386 e. The fraction of sp³-hybridized carbons (Fsp3) is 0.440. The number of aryl methyl sites for hydroxylation is 1. The second-order valence-electron chi connectivity index (χ2n) is 8.22. The number of hydrogen-bond donors (Lipinski definition) is 1. The first kappa shape index (κ1) is 21.4. The van der Waals surface area contributed by atoms with Crippen molar-refractivity contribution in [3.8, 4) is 0 Å². The third-order valence-corrected chi connectivity index (χ3v) is 5.99. The van der Waals surface area contributed by atoms with E-state index in [1.54, 1.807) is 0 Å². The van der Waals surface area contributed by atoms with Crippen LogP contribution in [-0.4, -0.2) is 61.0 Å². The van der Waals surface area contributed by atoms with Crippen LogP contribution in [0.2, 0.25) is 0 Å². The lowest BCUT2D eigenvalue weighted by atomic mass is 9.95. The average molecular weight is 393 g/mol. The van der Waals surface area contributed by atoms with E-state index in [9.17, 15) is 0 Å². The molecule has 3 rings (SSSR count). The van der Waals surface area contributed by atoms with E-state index >= 15 is 0 Å². The van der Waals surface area contributed by atoms with E-state index in [1.807, 2.05) is 11.9 Å². The molecule has 0 saturated carbocycles. The molecular formula is C25H36N4. The maximum Gasteiger partial charge on any atom is 0.0909 e. The second kappa shape index (κ2) is 10.5. The minimum atomic E-state index is 0.336. The monoisotopic (exact) mass is 392 g/mol. The molecule has 1 fully saturated rings. The van der Waals surface area contributed by atoms with Crippen molar-refractivity contribution in [1.82, 2.24) is 14.7 Å². The van der Waals surface area contributed by atoms with Crippen LogP contribution < -0.4 is 5.73 Å². The van der Waals surface area contributed by atoms with Gasteiger partial charge in [-0.05, 0) is 37.4 Å². The van der Waals surface area contributed by atoms with Crippen LogP contribution in [0.25, 0.3) is 0 Å². The fourth-order valence-corrected chi connectivity index (χ4v) is 4.07. The summed E-state index contributed by atoms with van der Waals surface area (Å²) in [6.45, 7) is 12.6. The molecular weight excluding hydrogens is 356 g/mol. The van der Waals surface area contributed by atoms with Gasteiger partial charge in [-0.3, -0.25) is 4.90 Å². The maximum atomic E-state index is 5.72. The van der Waals surface area contributed by atoms with Crippen molar-refractivity contribution in [3.05, 3.63) is 83.7 Å². The van der Waals surface area contributed by atoms with Crippen LogP contribution in [-0.2, 0) is 0 Å². The van der Waals surface area contributed by atoms with Crippen LogP contribution in [0, 0.1) is 6.92 Å². The molecule has 0 aliphatic carbocycles. The Morgan fingerprint density at radius 1 is 0.966 bits per heavy atom. The van der Waals surface area contributed by atoms with E-state index in [0.29, 0.717) is 11.9 Å². The molecule has 0 spiro atoms. The summed E-state index contributed by atoms with van der Waals surface area (Å²) >= 11 is 0. The Kier molecular flexibility index (Phi) is 7.73. The number of piperazine rings is 1. The van der Waals surface area contributed by atoms with Crippen molar-refractivity contribution in [3.63, 3.8) is 0 Å². The molecule has 4 heteroatoms. The number of benzene rings is 2. The highest BCUT2D eigenvalue weighted by atomic mass is 15.3. The van der Waals surface area contributed by atoms with Crippen molar-refractivity contribution in [2.45, 2.75) is 25.8 Å². The SMILES string of the molecule is C=C(N)N(C)CCCCN1CCN([C@H](c2ccccc2)c2ccc(C)cc2)CC1. The summed E-state index contributed by atoms with van der Waals surface area (Å²) in [6.07, 6.45) is 2.36. The van der Waals surface area contributed by atoms with Gasteiger partial charge in [-0.1, -0.05) is 66.7 Å². The number of nitrogens with two attached hydrogens (primary N) is 1. The van der Waals surface area contributed by atoms with Gasteiger partial charge >= 0.3 is 0 Å². The highest BCUT2D eigenvalue weighted by Crippen LogP contribution is 2.29. The molecule has 4 nitrogen and oxygen atoms in total. The van der Waals surface area contributed by atoms with E-state index in [0.717, 1.165) is 39.1 Å².